The van der Waals surface area contributed by atoms with Crippen molar-refractivity contribution in [2.75, 3.05) is 17.5 Å². The minimum absolute atomic E-state index is 0.0444. The fourth-order valence-corrected chi connectivity index (χ4v) is 3.67. The van der Waals surface area contributed by atoms with Crippen molar-refractivity contribution in [3.05, 3.63) is 29.8 Å². The van der Waals surface area contributed by atoms with Gasteiger partial charge in [-0.3, -0.25) is 14.3 Å². The minimum atomic E-state index is -3.35. The lowest BCUT2D eigenvalue weighted by Crippen LogP contribution is -2.34. The van der Waals surface area contributed by atoms with Gasteiger partial charge in [-0.1, -0.05) is 25.0 Å². The van der Waals surface area contributed by atoms with Crippen LogP contribution in [-0.4, -0.2) is 33.0 Å². The lowest BCUT2D eigenvalue weighted by Gasteiger charge is -2.16. The van der Waals surface area contributed by atoms with E-state index in [2.05, 4.69) is 15.4 Å². The minimum Gasteiger partial charge on any atom is -0.355 e. The highest BCUT2D eigenvalue weighted by molar-refractivity contribution is 7.92. The Balaban J connectivity index is 1.79. The van der Waals surface area contributed by atoms with Gasteiger partial charge in [-0.15, -0.1) is 0 Å². The first-order chi connectivity index (χ1) is 12.2. The molecule has 0 radical (unpaired) electrons. The van der Waals surface area contributed by atoms with Crippen LogP contribution in [0.15, 0.2) is 24.3 Å². The Morgan fingerprint density at radius 3 is 2.58 bits per heavy atom. The molecule has 2 rings (SSSR count). The number of hydrogen-bond donors (Lipinski definition) is 3. The topological polar surface area (TPSA) is 104 Å². The molecule has 0 spiro atoms. The van der Waals surface area contributed by atoms with Gasteiger partial charge < -0.3 is 10.6 Å². The molecule has 1 aliphatic rings. The molecule has 0 aliphatic heterocycles. The predicted molar refractivity (Wildman–Crippen MR) is 101 cm³/mol. The molecule has 1 aromatic rings. The monoisotopic (exact) mass is 381 g/mol. The average Bonchev–Trinajstić information content (AvgIpc) is 3.08. The van der Waals surface area contributed by atoms with Crippen molar-refractivity contribution >= 4 is 27.5 Å². The van der Waals surface area contributed by atoms with E-state index in [4.69, 9.17) is 0 Å². The van der Waals surface area contributed by atoms with Crippen molar-refractivity contribution in [2.45, 2.75) is 45.1 Å². The number of sulfonamides is 1. The van der Waals surface area contributed by atoms with E-state index in [9.17, 15) is 18.0 Å². The molecule has 0 heterocycles. The molecule has 1 aliphatic carbocycles. The fraction of sp³-hybridized carbons (Fsp3) is 0.556. The van der Waals surface area contributed by atoms with E-state index in [0.29, 0.717) is 12.2 Å². The van der Waals surface area contributed by atoms with Gasteiger partial charge in [-0.05, 0) is 37.5 Å². The number of carbonyl (C=O) groups excluding carboxylic acids is 2. The Morgan fingerprint density at radius 2 is 1.92 bits per heavy atom. The Morgan fingerprint density at radius 1 is 1.23 bits per heavy atom. The summed E-state index contributed by atoms with van der Waals surface area (Å²) in [7, 11) is -3.35. The highest BCUT2D eigenvalue weighted by atomic mass is 32.2. The number of benzene rings is 1. The molecule has 0 aromatic heterocycles. The molecule has 0 unspecified atom stereocenters. The molecule has 3 N–H and O–H groups in total. The number of hydrogen-bond acceptors (Lipinski definition) is 4. The molecule has 8 heteroatoms. The molecule has 1 fully saturated rings. The normalized spacial score (nSPS) is 16.1. The quantitative estimate of drug-likeness (QED) is 0.640. The van der Waals surface area contributed by atoms with Crippen LogP contribution in [0.2, 0.25) is 0 Å². The van der Waals surface area contributed by atoms with Gasteiger partial charge in [-0.25, -0.2) is 8.42 Å². The third kappa shape index (κ3) is 6.67. The third-order valence-corrected chi connectivity index (χ3v) is 5.05. The summed E-state index contributed by atoms with van der Waals surface area (Å²) in [4.78, 5) is 24.0. The first-order valence-corrected chi connectivity index (χ1v) is 10.8. The second-order valence-corrected chi connectivity index (χ2v) is 8.56. The molecule has 26 heavy (non-hydrogen) atoms. The summed E-state index contributed by atoms with van der Waals surface area (Å²) in [6.07, 6.45) is 5.38. The van der Waals surface area contributed by atoms with E-state index in [-0.39, 0.29) is 30.2 Å². The molecule has 0 saturated heterocycles. The van der Waals surface area contributed by atoms with Gasteiger partial charge in [0.15, 0.2) is 0 Å². The summed E-state index contributed by atoms with van der Waals surface area (Å²) in [5.74, 6) is -0.0179. The van der Waals surface area contributed by atoms with E-state index < -0.39 is 10.0 Å². The Labute approximate surface area is 155 Å². The molecule has 7 nitrogen and oxygen atoms in total. The molecular formula is C18H27N3O4S. The van der Waals surface area contributed by atoms with Gasteiger partial charge in [0.1, 0.15) is 0 Å². The molecule has 1 atom stereocenters. The van der Waals surface area contributed by atoms with E-state index in [0.717, 1.165) is 37.5 Å². The Kier molecular flexibility index (Phi) is 7.02. The number of carbonyl (C=O) groups is 2. The van der Waals surface area contributed by atoms with Crippen LogP contribution in [0, 0.1) is 5.92 Å². The van der Waals surface area contributed by atoms with E-state index >= 15 is 0 Å². The summed E-state index contributed by atoms with van der Waals surface area (Å²) in [5, 5.41) is 5.69. The number of anilines is 1. The van der Waals surface area contributed by atoms with Crippen molar-refractivity contribution in [3.8, 4) is 0 Å². The van der Waals surface area contributed by atoms with E-state index in [1.807, 2.05) is 13.0 Å². The molecule has 1 saturated carbocycles. The standard InChI is InChI=1S/C18H27N3O4S/c1-13(15-8-5-9-16(12-15)21-26(2,24)25)20-17(22)10-11-19-18(23)14-6-3-4-7-14/h5,8-9,12-14,21H,3-4,6-7,10-11H2,1-2H3,(H,19,23)(H,20,22)/t13-/m0/s1. The lowest BCUT2D eigenvalue weighted by molar-refractivity contribution is -0.125. The van der Waals surface area contributed by atoms with Crippen molar-refractivity contribution in [3.63, 3.8) is 0 Å². The van der Waals surface area contributed by atoms with Gasteiger partial charge in [-0.2, -0.15) is 0 Å². The average molecular weight is 381 g/mol. The number of nitrogens with one attached hydrogen (secondary N) is 3. The van der Waals surface area contributed by atoms with Gasteiger partial charge >= 0.3 is 0 Å². The highest BCUT2D eigenvalue weighted by Gasteiger charge is 2.22. The van der Waals surface area contributed by atoms with Crippen molar-refractivity contribution in [2.24, 2.45) is 5.92 Å². The maximum atomic E-state index is 12.1. The number of rotatable bonds is 8. The van der Waals surface area contributed by atoms with Gasteiger partial charge in [0.25, 0.3) is 0 Å². The van der Waals surface area contributed by atoms with Crippen LogP contribution in [-0.2, 0) is 19.6 Å². The zero-order chi connectivity index (χ0) is 19.2. The van der Waals surface area contributed by atoms with Crippen LogP contribution >= 0.6 is 0 Å². The SMILES string of the molecule is C[C@H](NC(=O)CCNC(=O)C1CCCC1)c1cccc(NS(C)(=O)=O)c1. The Bertz CT molecular complexity index is 743. The fourth-order valence-electron chi connectivity index (χ4n) is 3.11. The third-order valence-electron chi connectivity index (χ3n) is 4.44. The van der Waals surface area contributed by atoms with Crippen LogP contribution in [0.4, 0.5) is 5.69 Å². The summed E-state index contributed by atoms with van der Waals surface area (Å²) in [6.45, 7) is 2.15. The number of amides is 2. The van der Waals surface area contributed by atoms with Crippen molar-refractivity contribution < 1.29 is 18.0 Å². The lowest BCUT2D eigenvalue weighted by atomic mass is 10.1. The van der Waals surface area contributed by atoms with E-state index in [1.54, 1.807) is 18.2 Å². The smallest absolute Gasteiger partial charge is 0.229 e. The summed E-state index contributed by atoms with van der Waals surface area (Å²) >= 11 is 0. The second kappa shape index (κ2) is 9.02. The van der Waals surface area contributed by atoms with Crippen molar-refractivity contribution in [1.29, 1.82) is 0 Å². The van der Waals surface area contributed by atoms with Crippen LogP contribution in [0.25, 0.3) is 0 Å². The molecular weight excluding hydrogens is 354 g/mol. The van der Waals surface area contributed by atoms with Crippen LogP contribution in [0.5, 0.6) is 0 Å². The summed E-state index contributed by atoms with van der Waals surface area (Å²) in [5.41, 5.74) is 1.25. The predicted octanol–water partition coefficient (Wildman–Crippen LogP) is 1.93. The van der Waals surface area contributed by atoms with Gasteiger partial charge in [0, 0.05) is 24.6 Å². The van der Waals surface area contributed by atoms with E-state index in [1.165, 1.54) is 0 Å². The van der Waals surface area contributed by atoms with Crippen LogP contribution in [0.1, 0.15) is 50.6 Å². The zero-order valence-electron chi connectivity index (χ0n) is 15.2. The molecule has 1 aromatic carbocycles. The van der Waals surface area contributed by atoms with Crippen LogP contribution in [0.3, 0.4) is 0 Å². The maximum Gasteiger partial charge on any atom is 0.229 e. The molecule has 144 valence electrons. The highest BCUT2D eigenvalue weighted by Crippen LogP contribution is 2.24. The van der Waals surface area contributed by atoms with Gasteiger partial charge in [0.05, 0.1) is 12.3 Å². The summed E-state index contributed by atoms with van der Waals surface area (Å²) in [6, 6.07) is 6.62. The zero-order valence-corrected chi connectivity index (χ0v) is 16.1. The largest absolute Gasteiger partial charge is 0.355 e. The Hall–Kier alpha value is -2.09. The first-order valence-electron chi connectivity index (χ1n) is 8.89. The molecule has 0 bridgehead atoms. The van der Waals surface area contributed by atoms with Gasteiger partial charge in [0.2, 0.25) is 21.8 Å². The second-order valence-electron chi connectivity index (χ2n) is 6.81. The molecule has 2 amide bonds. The maximum absolute atomic E-state index is 12.1. The van der Waals surface area contributed by atoms with Crippen molar-refractivity contribution in [1.82, 2.24) is 10.6 Å². The van der Waals surface area contributed by atoms with Crippen LogP contribution < -0.4 is 15.4 Å². The first kappa shape index (κ1) is 20.2. The summed E-state index contributed by atoms with van der Waals surface area (Å²) < 4.78 is 25.0.